The molecule has 0 N–H and O–H groups in total. The van der Waals surface area contributed by atoms with Crippen LogP contribution in [-0.2, 0) is 0 Å². The molecule has 0 saturated heterocycles. The van der Waals surface area contributed by atoms with Gasteiger partial charge in [0.15, 0.2) is 8.24 Å². The monoisotopic (exact) mass is 276 g/mol. The van der Waals surface area contributed by atoms with Crippen molar-refractivity contribution in [1.29, 1.82) is 5.26 Å². The Kier molecular flexibility index (Phi) is 4.68. The van der Waals surface area contributed by atoms with E-state index in [4.69, 9.17) is 0 Å². The lowest BCUT2D eigenvalue weighted by atomic mass is 10.2. The molecule has 106 valence electrons. The zero-order chi connectivity index (χ0) is 15.0. The maximum atomic E-state index is 9.29. The summed E-state index contributed by atoms with van der Waals surface area (Å²) in [7, 11) is -1.71. The summed E-state index contributed by atoms with van der Waals surface area (Å²) in [5, 5.41) is 9.29. The van der Waals surface area contributed by atoms with Crippen molar-refractivity contribution >= 4 is 8.24 Å². The fraction of sp³-hybridized carbons (Fsp3) is 0.688. The summed E-state index contributed by atoms with van der Waals surface area (Å²) < 4.78 is 2.51. The number of rotatable bonds is 4. The fourth-order valence-corrected chi connectivity index (χ4v) is 10.8. The molecular formula is C16H28N2Si. The molecule has 0 atom stereocenters. The molecule has 0 amide bonds. The van der Waals surface area contributed by atoms with Crippen LogP contribution in [0, 0.1) is 25.2 Å². The quantitative estimate of drug-likeness (QED) is 0.711. The zero-order valence-corrected chi connectivity index (χ0v) is 14.7. The molecule has 0 radical (unpaired) electrons. The Labute approximate surface area is 119 Å². The minimum Gasteiger partial charge on any atom is -0.376 e. The van der Waals surface area contributed by atoms with E-state index in [1.807, 2.05) is 0 Å². The summed E-state index contributed by atoms with van der Waals surface area (Å²) in [5.41, 5.74) is 5.26. The van der Waals surface area contributed by atoms with Gasteiger partial charge in [-0.25, -0.2) is 0 Å². The average Bonchev–Trinajstić information content (AvgIpc) is 2.57. The van der Waals surface area contributed by atoms with Gasteiger partial charge in [0.25, 0.3) is 0 Å². The Morgan fingerprint density at radius 2 is 1.42 bits per heavy atom. The average molecular weight is 277 g/mol. The van der Waals surface area contributed by atoms with E-state index in [9.17, 15) is 5.26 Å². The standard InChI is InChI=1S/C16H28N2Si/c1-11(2)19(12(3)4,13(5)6)18-10-16(9-17)14(7)15(18)8/h10-13H,1-8H3. The predicted octanol–water partition coefficient (Wildman–Crippen LogP) is 5.00. The summed E-state index contributed by atoms with van der Waals surface area (Å²) in [6, 6.07) is 2.35. The first-order valence-corrected chi connectivity index (χ1v) is 9.48. The third kappa shape index (κ3) is 2.27. The van der Waals surface area contributed by atoms with Crippen LogP contribution in [-0.4, -0.2) is 12.5 Å². The van der Waals surface area contributed by atoms with Gasteiger partial charge in [0.05, 0.1) is 5.56 Å². The molecule has 2 nitrogen and oxygen atoms in total. The molecule has 3 heteroatoms. The van der Waals surface area contributed by atoms with Gasteiger partial charge in [0, 0.05) is 11.9 Å². The van der Waals surface area contributed by atoms with Crippen molar-refractivity contribution in [3.05, 3.63) is 23.0 Å². The highest BCUT2D eigenvalue weighted by atomic mass is 28.3. The van der Waals surface area contributed by atoms with Crippen LogP contribution >= 0.6 is 0 Å². The Hall–Kier alpha value is -1.01. The maximum absolute atomic E-state index is 9.29. The highest BCUT2D eigenvalue weighted by Crippen LogP contribution is 2.44. The van der Waals surface area contributed by atoms with Crippen LogP contribution in [0.5, 0.6) is 0 Å². The van der Waals surface area contributed by atoms with Crippen molar-refractivity contribution < 1.29 is 0 Å². The van der Waals surface area contributed by atoms with Gasteiger partial charge in [0.2, 0.25) is 0 Å². The lowest BCUT2D eigenvalue weighted by Crippen LogP contribution is -2.52. The van der Waals surface area contributed by atoms with E-state index in [0.29, 0.717) is 16.6 Å². The number of hydrogen-bond donors (Lipinski definition) is 0. The smallest absolute Gasteiger partial charge is 0.169 e. The van der Waals surface area contributed by atoms with Gasteiger partial charge in [-0.1, -0.05) is 41.5 Å². The molecule has 0 aromatic carbocycles. The summed E-state index contributed by atoms with van der Waals surface area (Å²) in [4.78, 5) is 0. The third-order valence-corrected chi connectivity index (χ3v) is 11.7. The summed E-state index contributed by atoms with van der Waals surface area (Å²) in [6.07, 6.45) is 2.12. The molecule has 0 spiro atoms. The third-order valence-electron chi connectivity index (χ3n) is 4.88. The Balaban J connectivity index is 3.64. The maximum Gasteiger partial charge on any atom is 0.169 e. The molecule has 0 saturated carbocycles. The fourth-order valence-electron chi connectivity index (χ4n) is 4.05. The van der Waals surface area contributed by atoms with Crippen molar-refractivity contribution in [2.24, 2.45) is 0 Å². The Bertz CT molecular complexity index is 468. The van der Waals surface area contributed by atoms with Gasteiger partial charge in [-0.2, -0.15) is 5.26 Å². The summed E-state index contributed by atoms with van der Waals surface area (Å²) in [6.45, 7) is 18.4. The van der Waals surface area contributed by atoms with Crippen LogP contribution in [0.2, 0.25) is 16.6 Å². The summed E-state index contributed by atoms with van der Waals surface area (Å²) >= 11 is 0. The second-order valence-corrected chi connectivity index (χ2v) is 12.3. The second-order valence-electron chi connectivity index (χ2n) is 6.59. The van der Waals surface area contributed by atoms with Crippen LogP contribution in [0.25, 0.3) is 0 Å². The number of nitrogens with zero attached hydrogens (tertiary/aromatic N) is 2. The van der Waals surface area contributed by atoms with E-state index in [1.165, 1.54) is 5.69 Å². The van der Waals surface area contributed by atoms with Gasteiger partial charge < -0.3 is 4.23 Å². The number of aromatic nitrogens is 1. The van der Waals surface area contributed by atoms with Crippen molar-refractivity contribution in [3.8, 4) is 6.07 Å². The molecule has 19 heavy (non-hydrogen) atoms. The van der Waals surface area contributed by atoms with Crippen LogP contribution in [0.3, 0.4) is 0 Å². The first-order chi connectivity index (χ1) is 8.71. The van der Waals surface area contributed by atoms with Crippen molar-refractivity contribution in [1.82, 2.24) is 4.23 Å². The zero-order valence-electron chi connectivity index (χ0n) is 13.7. The van der Waals surface area contributed by atoms with Gasteiger partial charge in [-0.05, 0) is 36.0 Å². The molecular weight excluding hydrogens is 248 g/mol. The highest BCUT2D eigenvalue weighted by molar-refractivity contribution is 6.82. The Morgan fingerprint density at radius 3 is 1.68 bits per heavy atom. The second kappa shape index (κ2) is 5.54. The predicted molar refractivity (Wildman–Crippen MR) is 85.1 cm³/mol. The van der Waals surface area contributed by atoms with Crippen LogP contribution in [0.1, 0.15) is 58.4 Å². The van der Waals surface area contributed by atoms with Crippen molar-refractivity contribution in [2.75, 3.05) is 0 Å². The Morgan fingerprint density at radius 1 is 1.00 bits per heavy atom. The summed E-state index contributed by atoms with van der Waals surface area (Å²) in [5.74, 6) is 0. The molecule has 1 rings (SSSR count). The molecule has 0 bridgehead atoms. The number of hydrogen-bond acceptors (Lipinski definition) is 1. The minimum absolute atomic E-state index is 0.657. The van der Waals surface area contributed by atoms with Crippen LogP contribution in [0.4, 0.5) is 0 Å². The van der Waals surface area contributed by atoms with Crippen LogP contribution < -0.4 is 0 Å². The van der Waals surface area contributed by atoms with E-state index >= 15 is 0 Å². The van der Waals surface area contributed by atoms with Gasteiger partial charge in [-0.3, -0.25) is 0 Å². The normalized spacial score (nSPS) is 12.5. The van der Waals surface area contributed by atoms with Crippen molar-refractivity contribution in [2.45, 2.75) is 72.0 Å². The topological polar surface area (TPSA) is 28.7 Å². The van der Waals surface area contributed by atoms with Gasteiger partial charge in [-0.15, -0.1) is 0 Å². The van der Waals surface area contributed by atoms with E-state index in [-0.39, 0.29) is 0 Å². The van der Waals surface area contributed by atoms with Gasteiger partial charge >= 0.3 is 0 Å². The lowest BCUT2D eigenvalue weighted by molar-refractivity contribution is 0.757. The van der Waals surface area contributed by atoms with Crippen molar-refractivity contribution in [3.63, 3.8) is 0 Å². The molecule has 1 aromatic rings. The van der Waals surface area contributed by atoms with E-state index < -0.39 is 8.24 Å². The lowest BCUT2D eigenvalue weighted by Gasteiger charge is -2.45. The molecule has 0 aliphatic heterocycles. The molecule has 0 unspecified atom stereocenters. The first-order valence-electron chi connectivity index (χ1n) is 7.30. The SMILES string of the molecule is Cc1c(C#N)cn([Si](C(C)C)(C(C)C)C(C)C)c1C. The van der Waals surface area contributed by atoms with E-state index in [2.05, 4.69) is 71.9 Å². The highest BCUT2D eigenvalue weighted by Gasteiger charge is 2.46. The number of nitriles is 1. The largest absolute Gasteiger partial charge is 0.376 e. The van der Waals surface area contributed by atoms with Gasteiger partial charge in [0.1, 0.15) is 6.07 Å². The molecule has 0 aliphatic carbocycles. The first kappa shape index (κ1) is 16.0. The minimum atomic E-state index is -1.71. The molecule has 1 aromatic heterocycles. The molecule has 1 heterocycles. The molecule has 0 fully saturated rings. The van der Waals surface area contributed by atoms with Crippen LogP contribution in [0.15, 0.2) is 6.20 Å². The van der Waals surface area contributed by atoms with E-state index in [1.54, 1.807) is 0 Å². The molecule has 0 aliphatic rings. The van der Waals surface area contributed by atoms with E-state index in [0.717, 1.165) is 11.1 Å².